The van der Waals surface area contributed by atoms with E-state index in [0.29, 0.717) is 0 Å². The van der Waals surface area contributed by atoms with Gasteiger partial charge in [-0.3, -0.25) is 0 Å². The van der Waals surface area contributed by atoms with E-state index in [4.69, 9.17) is 16.5 Å². The molecule has 0 amide bonds. The Kier molecular flexibility index (Phi) is 5.29. The molecule has 0 heterocycles. The molecule has 0 aliphatic carbocycles. The van der Waals surface area contributed by atoms with Crippen LogP contribution in [0.25, 0.3) is 0 Å². The molecule has 13 heavy (non-hydrogen) atoms. The summed E-state index contributed by atoms with van der Waals surface area (Å²) in [6, 6.07) is 6.30. The summed E-state index contributed by atoms with van der Waals surface area (Å²) in [5.41, 5.74) is 9.27. The molecule has 0 radical (unpaired) electrons. The number of benzene rings is 1. The number of hydrogen-bond acceptors (Lipinski definition) is 3. The van der Waals surface area contributed by atoms with Gasteiger partial charge < -0.3 is 5.73 Å². The summed E-state index contributed by atoms with van der Waals surface area (Å²) in [4.78, 5) is 0. The van der Waals surface area contributed by atoms with Gasteiger partial charge in [0.2, 0.25) is 0 Å². The van der Waals surface area contributed by atoms with E-state index in [0.717, 1.165) is 18.5 Å². The van der Waals surface area contributed by atoms with Gasteiger partial charge in [-0.15, -0.1) is 0 Å². The van der Waals surface area contributed by atoms with Gasteiger partial charge >= 0.3 is 0 Å². The number of rotatable bonds is 2. The van der Waals surface area contributed by atoms with E-state index in [1.165, 1.54) is 11.1 Å². The Bertz CT molecular complexity index is 256. The van der Waals surface area contributed by atoms with E-state index >= 15 is 0 Å². The number of anilines is 1. The Labute approximate surface area is 79.0 Å². The van der Waals surface area contributed by atoms with Crippen LogP contribution in [0.4, 0.5) is 5.69 Å². The molecule has 0 spiro atoms. The van der Waals surface area contributed by atoms with Crippen LogP contribution >= 0.6 is 0 Å². The van der Waals surface area contributed by atoms with Crippen LogP contribution in [0.5, 0.6) is 0 Å². The zero-order chi connectivity index (χ0) is 10.3. The Hall–Kier alpha value is -1.56. The summed E-state index contributed by atoms with van der Waals surface area (Å²) in [6.45, 7) is 4.29. The van der Waals surface area contributed by atoms with Gasteiger partial charge in [-0.1, -0.05) is 19.9 Å². The average Bonchev–Trinajstić information content (AvgIpc) is 2.20. The van der Waals surface area contributed by atoms with Crippen LogP contribution in [-0.4, -0.2) is 0 Å². The van der Waals surface area contributed by atoms with Crippen molar-refractivity contribution < 1.29 is 0 Å². The third-order valence-corrected chi connectivity index (χ3v) is 1.89. The van der Waals surface area contributed by atoms with Gasteiger partial charge in [0.1, 0.15) is 0 Å². The van der Waals surface area contributed by atoms with E-state index in [1.54, 1.807) is 0 Å². The fourth-order valence-electron chi connectivity index (χ4n) is 1.20. The first-order valence-electron chi connectivity index (χ1n) is 4.34. The quantitative estimate of drug-likeness (QED) is 0.557. The number of nitrogens with zero attached hydrogens (tertiary/aromatic N) is 2. The molecule has 1 aromatic carbocycles. The first kappa shape index (κ1) is 11.4. The van der Waals surface area contributed by atoms with Crippen molar-refractivity contribution in [3.63, 3.8) is 0 Å². The molecule has 3 nitrogen and oxygen atoms in total. The van der Waals surface area contributed by atoms with Crippen molar-refractivity contribution in [1.29, 1.82) is 10.8 Å². The summed E-state index contributed by atoms with van der Waals surface area (Å²) >= 11 is 0. The van der Waals surface area contributed by atoms with Crippen LogP contribution in [0.1, 0.15) is 25.0 Å². The van der Waals surface area contributed by atoms with E-state index in [9.17, 15) is 0 Å². The molecule has 0 saturated carbocycles. The second kappa shape index (κ2) is 6.01. The van der Waals surface area contributed by atoms with Crippen LogP contribution in [0.15, 0.2) is 18.2 Å². The molecule has 3 heteroatoms. The van der Waals surface area contributed by atoms with Crippen molar-refractivity contribution in [3.05, 3.63) is 29.3 Å². The largest absolute Gasteiger partial charge is 0.399 e. The minimum Gasteiger partial charge on any atom is -0.399 e. The number of aryl methyl sites for hydroxylation is 2. The first-order valence-corrected chi connectivity index (χ1v) is 4.34. The minimum atomic E-state index is 0.890. The van der Waals surface area contributed by atoms with Gasteiger partial charge in [-0.2, -0.15) is 0 Å². The standard InChI is InChI=1S/C10H15N.N2/c1-3-8-5-9(4-2)7-10(11)6-8;1-2/h5-7H,3-4,11H2,1-2H3;. The lowest BCUT2D eigenvalue weighted by atomic mass is 10.1. The SMILES string of the molecule is CCc1cc(N)cc(CC)c1.N#N. The van der Waals surface area contributed by atoms with Crippen LogP contribution in [0.2, 0.25) is 0 Å². The molecule has 1 rings (SSSR count). The molecule has 0 aliphatic heterocycles. The smallest absolute Gasteiger partial charge is 0.0319 e. The second-order valence-corrected chi connectivity index (χ2v) is 2.79. The third-order valence-electron chi connectivity index (χ3n) is 1.89. The minimum absolute atomic E-state index is 0.890. The molecule has 0 aromatic heterocycles. The third kappa shape index (κ3) is 3.57. The zero-order valence-electron chi connectivity index (χ0n) is 8.12. The molecule has 0 atom stereocenters. The molecule has 0 aliphatic rings. The Morgan fingerprint density at radius 2 is 1.38 bits per heavy atom. The highest BCUT2D eigenvalue weighted by atomic mass is 14.6. The summed E-state index contributed by atoms with van der Waals surface area (Å²) in [7, 11) is 0. The molecule has 1 aromatic rings. The van der Waals surface area contributed by atoms with E-state index < -0.39 is 0 Å². The van der Waals surface area contributed by atoms with Crippen molar-refractivity contribution in [2.45, 2.75) is 26.7 Å². The van der Waals surface area contributed by atoms with E-state index in [1.807, 2.05) is 12.1 Å². The van der Waals surface area contributed by atoms with Gasteiger partial charge in [-0.25, -0.2) is 0 Å². The Morgan fingerprint density at radius 3 is 1.69 bits per heavy atom. The van der Waals surface area contributed by atoms with Crippen LogP contribution in [0, 0.1) is 10.8 Å². The molecular weight excluding hydrogens is 162 g/mol. The predicted molar refractivity (Wildman–Crippen MR) is 53.1 cm³/mol. The van der Waals surface area contributed by atoms with Gasteiger partial charge in [0, 0.05) is 16.5 Å². The summed E-state index contributed by atoms with van der Waals surface area (Å²) in [6.07, 6.45) is 2.13. The maximum atomic E-state index is 6.00. The molecule has 2 N–H and O–H groups in total. The molecular formula is C10H15N3. The topological polar surface area (TPSA) is 73.6 Å². The van der Waals surface area contributed by atoms with Crippen molar-refractivity contribution in [3.8, 4) is 0 Å². The van der Waals surface area contributed by atoms with Gasteiger partial charge in [0.15, 0.2) is 0 Å². The molecule has 0 unspecified atom stereocenters. The van der Waals surface area contributed by atoms with E-state index in [-0.39, 0.29) is 0 Å². The van der Waals surface area contributed by atoms with Gasteiger partial charge in [0.05, 0.1) is 0 Å². The number of hydrogen-bond donors (Lipinski definition) is 1. The highest BCUT2D eigenvalue weighted by Gasteiger charge is 1.94. The second-order valence-electron chi connectivity index (χ2n) is 2.79. The fourth-order valence-corrected chi connectivity index (χ4v) is 1.20. The van der Waals surface area contributed by atoms with Crippen LogP contribution in [0.3, 0.4) is 0 Å². The Balaban J connectivity index is 0.000000671. The fraction of sp³-hybridized carbons (Fsp3) is 0.400. The van der Waals surface area contributed by atoms with Crippen molar-refractivity contribution in [2.75, 3.05) is 5.73 Å². The average molecular weight is 177 g/mol. The number of nitrogen functional groups attached to an aromatic ring is 1. The van der Waals surface area contributed by atoms with Crippen molar-refractivity contribution in [2.24, 2.45) is 0 Å². The van der Waals surface area contributed by atoms with Gasteiger partial charge in [0.25, 0.3) is 0 Å². The van der Waals surface area contributed by atoms with Crippen LogP contribution < -0.4 is 5.73 Å². The lowest BCUT2D eigenvalue weighted by Crippen LogP contribution is -1.91. The highest BCUT2D eigenvalue weighted by Crippen LogP contribution is 2.12. The van der Waals surface area contributed by atoms with Crippen molar-refractivity contribution in [1.82, 2.24) is 0 Å². The van der Waals surface area contributed by atoms with E-state index in [2.05, 4.69) is 19.9 Å². The Morgan fingerprint density at radius 1 is 1.00 bits per heavy atom. The maximum absolute atomic E-state index is 6.00. The molecule has 70 valence electrons. The summed E-state index contributed by atoms with van der Waals surface area (Å²) in [5.74, 6) is 0. The molecule has 0 bridgehead atoms. The maximum Gasteiger partial charge on any atom is 0.0319 e. The molecule has 0 saturated heterocycles. The monoisotopic (exact) mass is 177 g/mol. The first-order chi connectivity index (χ1) is 6.26. The van der Waals surface area contributed by atoms with Crippen LogP contribution in [-0.2, 0) is 12.8 Å². The summed E-state index contributed by atoms with van der Waals surface area (Å²) in [5, 5.41) is 12.0. The van der Waals surface area contributed by atoms with Crippen molar-refractivity contribution >= 4 is 5.69 Å². The van der Waals surface area contributed by atoms with Gasteiger partial charge in [-0.05, 0) is 36.1 Å². The lowest BCUT2D eigenvalue weighted by molar-refractivity contribution is 1.09. The highest BCUT2D eigenvalue weighted by molar-refractivity contribution is 5.44. The summed E-state index contributed by atoms with van der Waals surface area (Å²) < 4.78 is 0. The lowest BCUT2D eigenvalue weighted by Gasteiger charge is -2.02. The zero-order valence-corrected chi connectivity index (χ0v) is 8.12. The normalized spacial score (nSPS) is 8.62. The molecule has 0 fully saturated rings. The number of nitrogens with two attached hydrogens (primary N) is 1. The predicted octanol–water partition coefficient (Wildman–Crippen LogP) is 2.42.